The predicted octanol–water partition coefficient (Wildman–Crippen LogP) is 5.44. The zero-order valence-electron chi connectivity index (χ0n) is 19.5. The van der Waals surface area contributed by atoms with Gasteiger partial charge in [-0.05, 0) is 56.4 Å². The second kappa shape index (κ2) is 10.6. The van der Waals surface area contributed by atoms with Crippen molar-refractivity contribution in [1.29, 1.82) is 0 Å². The van der Waals surface area contributed by atoms with Crippen LogP contribution in [0.4, 0.5) is 32.3 Å². The number of nitrogens with one attached hydrogen (secondary N) is 1. The topological polar surface area (TPSA) is 73.8 Å². The highest BCUT2D eigenvalue weighted by Crippen LogP contribution is 2.27. The van der Waals surface area contributed by atoms with E-state index in [0.29, 0.717) is 27.5 Å². The average molecular weight is 519 g/mol. The number of hydrogen-bond donors (Lipinski definition) is 1. The van der Waals surface area contributed by atoms with Crippen LogP contribution < -0.4 is 19.9 Å². The summed E-state index contributed by atoms with van der Waals surface area (Å²) >= 11 is 11.9. The summed E-state index contributed by atoms with van der Waals surface area (Å²) in [6, 6.07) is 11.3. The van der Waals surface area contributed by atoms with E-state index < -0.39 is 6.09 Å². The molecule has 0 radical (unpaired) electrons. The van der Waals surface area contributed by atoms with Crippen LogP contribution in [0.15, 0.2) is 48.7 Å². The number of ether oxygens (including phenoxy) is 1. The van der Waals surface area contributed by atoms with E-state index in [1.807, 2.05) is 0 Å². The quantitative estimate of drug-likeness (QED) is 0.481. The Kier molecular flexibility index (Phi) is 7.59. The van der Waals surface area contributed by atoms with Crippen LogP contribution in [0.1, 0.15) is 6.92 Å². The highest BCUT2D eigenvalue weighted by molar-refractivity contribution is 6.34. The molecule has 0 bridgehead atoms. The summed E-state index contributed by atoms with van der Waals surface area (Å²) < 4.78 is 20.2. The molecule has 1 aliphatic heterocycles. The fourth-order valence-electron chi connectivity index (χ4n) is 3.68. The minimum absolute atomic E-state index is 0.202. The molecule has 4 rings (SSSR count). The minimum Gasteiger partial charge on any atom is -0.410 e. The molecule has 1 saturated heterocycles. The molecule has 3 aromatic rings. The van der Waals surface area contributed by atoms with Gasteiger partial charge in [-0.3, -0.25) is 4.90 Å². The first-order valence-corrected chi connectivity index (χ1v) is 11.7. The lowest BCUT2D eigenvalue weighted by atomic mass is 10.1. The first-order valence-electron chi connectivity index (χ1n) is 11.0. The van der Waals surface area contributed by atoms with Gasteiger partial charge in [-0.1, -0.05) is 23.2 Å². The second-order valence-corrected chi connectivity index (χ2v) is 9.21. The Balaban J connectivity index is 1.44. The summed E-state index contributed by atoms with van der Waals surface area (Å²) in [7, 11) is 3.58. The molecule has 1 aromatic heterocycles. The fourth-order valence-corrected chi connectivity index (χ4v) is 4.19. The number of carbonyl (C=O) groups excluding carboxylic acids is 1. The van der Waals surface area contributed by atoms with Gasteiger partial charge in [-0.15, -0.1) is 0 Å². The number of hydrogen-bond acceptors (Lipinski definition) is 7. The van der Waals surface area contributed by atoms with E-state index in [1.165, 1.54) is 42.4 Å². The Morgan fingerprint density at radius 1 is 1.17 bits per heavy atom. The number of carbonyl (C=O) groups is 1. The molecule has 8 nitrogen and oxygen atoms in total. The van der Waals surface area contributed by atoms with Gasteiger partial charge in [0.05, 0.1) is 5.69 Å². The van der Waals surface area contributed by atoms with Crippen molar-refractivity contribution in [3.05, 3.63) is 64.5 Å². The van der Waals surface area contributed by atoms with Crippen molar-refractivity contribution in [3.8, 4) is 5.75 Å². The van der Waals surface area contributed by atoms with E-state index in [9.17, 15) is 9.18 Å². The van der Waals surface area contributed by atoms with E-state index in [1.54, 1.807) is 18.2 Å². The van der Waals surface area contributed by atoms with Crippen LogP contribution in [-0.4, -0.2) is 60.7 Å². The largest absolute Gasteiger partial charge is 0.420 e. The summed E-state index contributed by atoms with van der Waals surface area (Å²) in [4.78, 5) is 26.6. The maximum atomic E-state index is 14.9. The molecule has 1 amide bonds. The Hall–Kier alpha value is -3.14. The second-order valence-electron chi connectivity index (χ2n) is 8.34. The van der Waals surface area contributed by atoms with Gasteiger partial charge >= 0.3 is 6.09 Å². The summed E-state index contributed by atoms with van der Waals surface area (Å²) in [5.41, 5.74) is 1.05. The van der Waals surface area contributed by atoms with Crippen molar-refractivity contribution in [2.75, 3.05) is 48.8 Å². The summed E-state index contributed by atoms with van der Waals surface area (Å²) in [6.07, 6.45) is 0.797. The molecule has 1 atom stereocenters. The van der Waals surface area contributed by atoms with E-state index in [-0.39, 0.29) is 23.3 Å². The van der Waals surface area contributed by atoms with Gasteiger partial charge in [0, 0.05) is 54.7 Å². The molecular weight excluding hydrogens is 494 g/mol. The lowest BCUT2D eigenvalue weighted by molar-refractivity contribution is 0.209. The first-order chi connectivity index (χ1) is 16.7. The number of aromatic nitrogens is 2. The number of likely N-dealkylation sites (N-methyl/N-ethyl adjacent to an activating group) is 1. The molecule has 0 saturated carbocycles. The lowest BCUT2D eigenvalue weighted by Crippen LogP contribution is -2.50. The van der Waals surface area contributed by atoms with Gasteiger partial charge < -0.3 is 19.9 Å². The standard InChI is InChI=1S/C24H25Cl2FN6O2/c1-15-14-33(9-8-31(15)2)21-5-4-18(13-20(21)27)29-23-28-7-6-22(30-23)32(3)24(34)35-19-11-16(25)10-17(26)12-19/h4-7,10-13,15H,8-9,14H2,1-3H3,(H,28,29,30). The Bertz CT molecular complexity index is 1210. The summed E-state index contributed by atoms with van der Waals surface area (Å²) in [5.74, 6) is 0.360. The number of piperazine rings is 1. The van der Waals surface area contributed by atoms with Crippen LogP contribution in [0.3, 0.4) is 0 Å². The van der Waals surface area contributed by atoms with Gasteiger partial charge in [0.1, 0.15) is 17.4 Å². The van der Waals surface area contributed by atoms with Gasteiger partial charge in [0.2, 0.25) is 5.95 Å². The van der Waals surface area contributed by atoms with Crippen LogP contribution >= 0.6 is 23.2 Å². The third-order valence-corrected chi connectivity index (χ3v) is 6.24. The van der Waals surface area contributed by atoms with Crippen molar-refractivity contribution in [2.45, 2.75) is 13.0 Å². The molecule has 2 aromatic carbocycles. The molecule has 1 fully saturated rings. The van der Waals surface area contributed by atoms with Gasteiger partial charge in [-0.25, -0.2) is 14.2 Å². The van der Waals surface area contributed by atoms with Crippen LogP contribution in [0.5, 0.6) is 5.75 Å². The van der Waals surface area contributed by atoms with Crippen molar-refractivity contribution in [1.82, 2.24) is 14.9 Å². The average Bonchev–Trinajstić information content (AvgIpc) is 2.80. The number of benzene rings is 2. The van der Waals surface area contributed by atoms with Crippen molar-refractivity contribution >= 4 is 52.4 Å². The Morgan fingerprint density at radius 3 is 2.60 bits per heavy atom. The van der Waals surface area contributed by atoms with Crippen LogP contribution in [0, 0.1) is 5.82 Å². The Labute approximate surface area is 213 Å². The number of anilines is 4. The van der Waals surface area contributed by atoms with Gasteiger partial charge in [-0.2, -0.15) is 4.98 Å². The molecule has 35 heavy (non-hydrogen) atoms. The minimum atomic E-state index is -0.690. The molecule has 0 spiro atoms. The molecule has 1 N–H and O–H groups in total. The maximum absolute atomic E-state index is 14.9. The normalized spacial score (nSPS) is 16.2. The molecule has 184 valence electrons. The summed E-state index contributed by atoms with van der Waals surface area (Å²) in [6.45, 7) is 4.53. The third-order valence-electron chi connectivity index (χ3n) is 5.80. The number of nitrogens with zero attached hydrogens (tertiary/aromatic N) is 5. The molecule has 0 aliphatic carbocycles. The summed E-state index contributed by atoms with van der Waals surface area (Å²) in [5, 5.41) is 3.68. The highest BCUT2D eigenvalue weighted by Gasteiger charge is 2.23. The molecule has 11 heteroatoms. The van der Waals surface area contributed by atoms with Crippen LogP contribution in [-0.2, 0) is 0 Å². The Morgan fingerprint density at radius 2 is 1.91 bits per heavy atom. The first kappa shape index (κ1) is 25.0. The monoisotopic (exact) mass is 518 g/mol. The number of amides is 1. The maximum Gasteiger partial charge on any atom is 0.420 e. The number of halogens is 3. The van der Waals surface area contributed by atoms with Crippen molar-refractivity contribution in [3.63, 3.8) is 0 Å². The van der Waals surface area contributed by atoms with E-state index >= 15 is 0 Å². The van der Waals surface area contributed by atoms with Crippen molar-refractivity contribution in [2.24, 2.45) is 0 Å². The molecule has 1 unspecified atom stereocenters. The third kappa shape index (κ3) is 6.11. The SMILES string of the molecule is CC1CN(c2ccc(Nc3nccc(N(C)C(=O)Oc4cc(Cl)cc(Cl)c4)n3)cc2F)CCN1C. The molecular formula is C24H25Cl2FN6O2. The van der Waals surface area contributed by atoms with Gasteiger partial charge in [0.15, 0.2) is 0 Å². The van der Waals surface area contributed by atoms with Crippen LogP contribution in [0.2, 0.25) is 10.0 Å². The van der Waals surface area contributed by atoms with E-state index in [4.69, 9.17) is 27.9 Å². The van der Waals surface area contributed by atoms with E-state index in [2.05, 4.69) is 39.1 Å². The lowest BCUT2D eigenvalue weighted by Gasteiger charge is -2.39. The highest BCUT2D eigenvalue weighted by atomic mass is 35.5. The molecule has 2 heterocycles. The van der Waals surface area contributed by atoms with Crippen LogP contribution in [0.25, 0.3) is 0 Å². The molecule has 1 aliphatic rings. The smallest absolute Gasteiger partial charge is 0.410 e. The predicted molar refractivity (Wildman–Crippen MR) is 137 cm³/mol. The van der Waals surface area contributed by atoms with Crippen molar-refractivity contribution < 1.29 is 13.9 Å². The zero-order chi connectivity index (χ0) is 25.1. The zero-order valence-corrected chi connectivity index (χ0v) is 21.0. The number of rotatable bonds is 5. The van der Waals surface area contributed by atoms with E-state index in [0.717, 1.165) is 19.6 Å². The van der Waals surface area contributed by atoms with Gasteiger partial charge in [0.25, 0.3) is 0 Å². The fraction of sp³-hybridized carbons (Fsp3) is 0.292.